The van der Waals surface area contributed by atoms with Gasteiger partial charge in [0.05, 0.1) is 13.7 Å². The fourth-order valence-electron chi connectivity index (χ4n) is 1.99. The van der Waals surface area contributed by atoms with Gasteiger partial charge >= 0.3 is 0 Å². The normalized spacial score (nSPS) is 16.3. The third kappa shape index (κ3) is 3.40. The van der Waals surface area contributed by atoms with Crippen molar-refractivity contribution in [3.05, 3.63) is 24.3 Å². The van der Waals surface area contributed by atoms with Gasteiger partial charge in [-0.2, -0.15) is 0 Å². The van der Waals surface area contributed by atoms with E-state index in [2.05, 4.69) is 5.32 Å². The predicted molar refractivity (Wildman–Crippen MR) is 72.7 cm³/mol. The monoisotopic (exact) mass is 278 g/mol. The lowest BCUT2D eigenvalue weighted by molar-refractivity contribution is -0.143. The highest BCUT2D eigenvalue weighted by molar-refractivity contribution is 5.88. The molecule has 0 spiro atoms. The van der Waals surface area contributed by atoms with Gasteiger partial charge in [0.25, 0.3) is 5.91 Å². The second kappa shape index (κ2) is 6.27. The van der Waals surface area contributed by atoms with Gasteiger partial charge < -0.3 is 19.7 Å². The molecule has 1 atom stereocenters. The molecule has 1 heterocycles. The van der Waals surface area contributed by atoms with Crippen molar-refractivity contribution < 1.29 is 19.1 Å². The van der Waals surface area contributed by atoms with Gasteiger partial charge in [0.1, 0.15) is 11.5 Å². The number of ether oxygens (including phenoxy) is 2. The minimum atomic E-state index is -0.630. The van der Waals surface area contributed by atoms with E-state index in [4.69, 9.17) is 9.47 Å². The fourth-order valence-corrected chi connectivity index (χ4v) is 1.99. The third-order valence-corrected chi connectivity index (χ3v) is 3.07. The summed E-state index contributed by atoms with van der Waals surface area (Å²) in [5.41, 5.74) is 0. The van der Waals surface area contributed by atoms with Gasteiger partial charge in [-0.25, -0.2) is 0 Å². The first-order chi connectivity index (χ1) is 9.60. The molecular formula is C14H18N2O4. The van der Waals surface area contributed by atoms with Crippen molar-refractivity contribution >= 4 is 11.8 Å². The Balaban J connectivity index is 1.94. The van der Waals surface area contributed by atoms with Crippen molar-refractivity contribution in [2.45, 2.75) is 13.0 Å². The van der Waals surface area contributed by atoms with Crippen molar-refractivity contribution in [1.82, 2.24) is 10.2 Å². The predicted octanol–water partition coefficient (Wildman–Crippen LogP) is 0.421. The molecule has 6 nitrogen and oxygen atoms in total. The number of nitrogens with one attached hydrogen (secondary N) is 1. The first-order valence-electron chi connectivity index (χ1n) is 6.46. The molecule has 0 aliphatic carbocycles. The summed E-state index contributed by atoms with van der Waals surface area (Å²) in [4.78, 5) is 24.9. The molecule has 2 amide bonds. The number of methoxy groups -OCH3 is 1. The highest BCUT2D eigenvalue weighted by Crippen LogP contribution is 2.18. The molecule has 1 aliphatic rings. The zero-order valence-corrected chi connectivity index (χ0v) is 11.6. The second-order valence-electron chi connectivity index (χ2n) is 4.55. The zero-order valence-electron chi connectivity index (χ0n) is 11.6. The standard InChI is InChI=1S/C14H18N2O4/c1-10(14(18)16-8-7-15-13(17)9-16)20-12-5-3-11(19-2)4-6-12/h3-6,10H,7-9H2,1-2H3,(H,15,17)/t10-/m1/s1. The topological polar surface area (TPSA) is 67.9 Å². The van der Waals surface area contributed by atoms with E-state index in [1.54, 1.807) is 38.3 Å². The highest BCUT2D eigenvalue weighted by atomic mass is 16.5. The van der Waals surface area contributed by atoms with E-state index in [0.29, 0.717) is 18.8 Å². The van der Waals surface area contributed by atoms with E-state index in [1.807, 2.05) is 0 Å². The van der Waals surface area contributed by atoms with Crippen LogP contribution in [0.5, 0.6) is 11.5 Å². The number of hydrogen-bond acceptors (Lipinski definition) is 4. The Kier molecular flexibility index (Phi) is 4.45. The smallest absolute Gasteiger partial charge is 0.263 e. The first-order valence-corrected chi connectivity index (χ1v) is 6.46. The van der Waals surface area contributed by atoms with Gasteiger partial charge in [-0.15, -0.1) is 0 Å². The maximum atomic E-state index is 12.2. The fraction of sp³-hybridized carbons (Fsp3) is 0.429. The molecule has 1 aromatic carbocycles. The van der Waals surface area contributed by atoms with Gasteiger partial charge in [-0.3, -0.25) is 9.59 Å². The summed E-state index contributed by atoms with van der Waals surface area (Å²) in [5, 5.41) is 2.68. The van der Waals surface area contributed by atoms with Crippen LogP contribution >= 0.6 is 0 Å². The minimum absolute atomic E-state index is 0.0924. The maximum Gasteiger partial charge on any atom is 0.263 e. The molecule has 1 aromatic rings. The number of hydrogen-bond donors (Lipinski definition) is 1. The Hall–Kier alpha value is -2.24. The molecule has 0 saturated carbocycles. The van der Waals surface area contributed by atoms with Gasteiger partial charge in [-0.1, -0.05) is 0 Å². The Morgan fingerprint density at radius 2 is 1.95 bits per heavy atom. The van der Waals surface area contributed by atoms with Crippen LogP contribution in [0.4, 0.5) is 0 Å². The van der Waals surface area contributed by atoms with Gasteiger partial charge in [0.15, 0.2) is 6.10 Å². The molecule has 0 unspecified atom stereocenters. The van der Waals surface area contributed by atoms with E-state index in [0.717, 1.165) is 5.75 Å². The van der Waals surface area contributed by atoms with E-state index >= 15 is 0 Å². The van der Waals surface area contributed by atoms with Crippen molar-refractivity contribution in [2.24, 2.45) is 0 Å². The molecule has 1 fully saturated rings. The van der Waals surface area contributed by atoms with Crippen molar-refractivity contribution in [3.8, 4) is 11.5 Å². The average Bonchev–Trinajstić information content (AvgIpc) is 2.47. The molecule has 0 bridgehead atoms. The number of benzene rings is 1. The van der Waals surface area contributed by atoms with Crippen LogP contribution in [-0.2, 0) is 9.59 Å². The SMILES string of the molecule is COc1ccc(O[C@H](C)C(=O)N2CCNC(=O)C2)cc1. The van der Waals surface area contributed by atoms with Crippen LogP contribution in [0.15, 0.2) is 24.3 Å². The summed E-state index contributed by atoms with van der Waals surface area (Å²) < 4.78 is 10.6. The number of nitrogens with zero attached hydrogens (tertiary/aromatic N) is 1. The maximum absolute atomic E-state index is 12.2. The molecule has 108 valence electrons. The van der Waals surface area contributed by atoms with Crippen molar-refractivity contribution in [2.75, 3.05) is 26.7 Å². The van der Waals surface area contributed by atoms with Crippen LogP contribution in [0.1, 0.15) is 6.92 Å². The Morgan fingerprint density at radius 1 is 1.30 bits per heavy atom. The summed E-state index contributed by atoms with van der Waals surface area (Å²) in [5.74, 6) is 0.994. The van der Waals surface area contributed by atoms with Gasteiger partial charge in [-0.05, 0) is 31.2 Å². The summed E-state index contributed by atoms with van der Waals surface area (Å²) in [6, 6.07) is 7.01. The number of carbonyl (C=O) groups excluding carboxylic acids is 2. The van der Waals surface area contributed by atoms with Crippen molar-refractivity contribution in [3.63, 3.8) is 0 Å². The van der Waals surface area contributed by atoms with Crippen LogP contribution in [0, 0.1) is 0 Å². The second-order valence-corrected chi connectivity index (χ2v) is 4.55. The molecule has 1 aliphatic heterocycles. The van der Waals surface area contributed by atoms with Gasteiger partial charge in [0, 0.05) is 13.1 Å². The number of rotatable bonds is 4. The lowest BCUT2D eigenvalue weighted by Gasteiger charge is -2.29. The summed E-state index contributed by atoms with van der Waals surface area (Å²) >= 11 is 0. The first kappa shape index (κ1) is 14.2. The molecule has 20 heavy (non-hydrogen) atoms. The minimum Gasteiger partial charge on any atom is -0.497 e. The van der Waals surface area contributed by atoms with Crippen molar-refractivity contribution in [1.29, 1.82) is 0 Å². The Bertz CT molecular complexity index is 486. The van der Waals surface area contributed by atoms with Crippen LogP contribution < -0.4 is 14.8 Å². The van der Waals surface area contributed by atoms with E-state index in [9.17, 15) is 9.59 Å². The Labute approximate surface area is 117 Å². The van der Waals surface area contributed by atoms with E-state index in [-0.39, 0.29) is 18.4 Å². The lowest BCUT2D eigenvalue weighted by Crippen LogP contribution is -2.53. The van der Waals surface area contributed by atoms with Gasteiger partial charge in [0.2, 0.25) is 5.91 Å². The molecular weight excluding hydrogens is 260 g/mol. The van der Waals surface area contributed by atoms with Crippen LogP contribution in [0.25, 0.3) is 0 Å². The Morgan fingerprint density at radius 3 is 2.55 bits per heavy atom. The lowest BCUT2D eigenvalue weighted by atomic mass is 10.2. The molecule has 0 radical (unpaired) electrons. The highest BCUT2D eigenvalue weighted by Gasteiger charge is 2.26. The van der Waals surface area contributed by atoms with Crippen LogP contribution in [0.2, 0.25) is 0 Å². The van der Waals surface area contributed by atoms with Crippen LogP contribution in [-0.4, -0.2) is 49.6 Å². The summed E-state index contributed by atoms with van der Waals surface area (Å²) in [6.07, 6.45) is -0.630. The summed E-state index contributed by atoms with van der Waals surface area (Å²) in [7, 11) is 1.59. The number of amides is 2. The quantitative estimate of drug-likeness (QED) is 0.867. The average molecular weight is 278 g/mol. The molecule has 6 heteroatoms. The van der Waals surface area contributed by atoms with E-state index < -0.39 is 6.10 Å². The molecule has 0 aromatic heterocycles. The number of piperazine rings is 1. The third-order valence-electron chi connectivity index (χ3n) is 3.07. The zero-order chi connectivity index (χ0) is 14.5. The largest absolute Gasteiger partial charge is 0.497 e. The van der Waals surface area contributed by atoms with E-state index in [1.165, 1.54) is 4.90 Å². The molecule has 2 rings (SSSR count). The number of carbonyl (C=O) groups is 2. The summed E-state index contributed by atoms with van der Waals surface area (Å²) in [6.45, 7) is 2.77. The van der Waals surface area contributed by atoms with Crippen LogP contribution in [0.3, 0.4) is 0 Å². The molecule has 1 N–H and O–H groups in total. The molecule has 1 saturated heterocycles.